The van der Waals surface area contributed by atoms with Crippen LogP contribution in [0.2, 0.25) is 0 Å². The Labute approximate surface area is 200 Å². The van der Waals surface area contributed by atoms with Crippen molar-refractivity contribution in [2.75, 3.05) is 12.8 Å². The van der Waals surface area contributed by atoms with Crippen LogP contribution in [0.1, 0.15) is 48.9 Å². The van der Waals surface area contributed by atoms with Gasteiger partial charge in [0.1, 0.15) is 18.1 Å². The van der Waals surface area contributed by atoms with Crippen LogP contribution in [-0.2, 0) is 20.4 Å². The highest BCUT2D eigenvalue weighted by Gasteiger charge is 2.31. The average Bonchev–Trinajstić information content (AvgIpc) is 2.94. The Hall–Kier alpha value is -3.06. The van der Waals surface area contributed by atoms with Crippen LogP contribution in [0.25, 0.3) is 5.57 Å². The van der Waals surface area contributed by atoms with E-state index in [1.165, 1.54) is 12.1 Å². The summed E-state index contributed by atoms with van der Waals surface area (Å²) in [7, 11) is -1.36. The predicted octanol–water partition coefficient (Wildman–Crippen LogP) is 4.56. The van der Waals surface area contributed by atoms with Crippen LogP contribution in [0.5, 0.6) is 0 Å². The fourth-order valence-electron chi connectivity index (χ4n) is 4.50. The SMILES string of the molecule is CCC[C@@H]1N=C(c2ccc(F)cc2)c2ccc(CS(=O)(=O)CC)cc2C2=CN(C)C(C=O)C=C21. The van der Waals surface area contributed by atoms with E-state index in [9.17, 15) is 17.6 Å². The molecule has 0 aliphatic carbocycles. The largest absolute Gasteiger partial charge is 0.367 e. The van der Waals surface area contributed by atoms with Gasteiger partial charge in [-0.15, -0.1) is 0 Å². The molecule has 0 N–H and O–H groups in total. The van der Waals surface area contributed by atoms with E-state index in [4.69, 9.17) is 4.99 Å². The summed E-state index contributed by atoms with van der Waals surface area (Å²) in [6.07, 6.45) is 6.50. The molecular formula is C27H29FN2O3S. The molecule has 2 aromatic carbocycles. The van der Waals surface area contributed by atoms with Gasteiger partial charge in [0.05, 0.1) is 17.5 Å². The van der Waals surface area contributed by atoms with Gasteiger partial charge < -0.3 is 9.69 Å². The lowest BCUT2D eigenvalue weighted by Gasteiger charge is -2.30. The molecule has 0 bridgehead atoms. The number of halogens is 1. The number of aliphatic imine (C=N–C) groups is 1. The van der Waals surface area contributed by atoms with Gasteiger partial charge in [0.15, 0.2) is 9.84 Å². The topological polar surface area (TPSA) is 66.8 Å². The van der Waals surface area contributed by atoms with Crippen LogP contribution in [0.15, 0.2) is 65.3 Å². The number of carbonyl (C=O) groups is 1. The van der Waals surface area contributed by atoms with E-state index >= 15 is 0 Å². The minimum absolute atomic E-state index is 0.0443. The molecule has 2 atom stereocenters. The highest BCUT2D eigenvalue weighted by Crippen LogP contribution is 2.39. The first-order chi connectivity index (χ1) is 16.3. The molecule has 2 heterocycles. The van der Waals surface area contributed by atoms with Crippen molar-refractivity contribution < 1.29 is 17.6 Å². The Bertz CT molecular complexity index is 1290. The normalized spacial score (nSPS) is 19.9. The minimum Gasteiger partial charge on any atom is -0.367 e. The zero-order chi connectivity index (χ0) is 24.5. The molecule has 5 nitrogen and oxygen atoms in total. The van der Waals surface area contributed by atoms with E-state index in [-0.39, 0.29) is 23.4 Å². The Morgan fingerprint density at radius 2 is 1.82 bits per heavy atom. The number of nitrogens with zero attached hydrogens (tertiary/aromatic N) is 2. The first-order valence-corrected chi connectivity index (χ1v) is 13.4. The van der Waals surface area contributed by atoms with Gasteiger partial charge in [-0.05, 0) is 59.5 Å². The molecule has 2 aliphatic rings. The fraction of sp³-hybridized carbons (Fsp3) is 0.333. The average molecular weight is 481 g/mol. The lowest BCUT2D eigenvalue weighted by Crippen LogP contribution is -2.31. The highest BCUT2D eigenvalue weighted by molar-refractivity contribution is 7.90. The van der Waals surface area contributed by atoms with E-state index in [0.29, 0.717) is 5.56 Å². The lowest BCUT2D eigenvalue weighted by atomic mass is 9.85. The smallest absolute Gasteiger partial charge is 0.154 e. The number of likely N-dealkylation sites (N-methyl/N-ethyl adjacent to an activating group) is 1. The standard InChI is InChI=1S/C27H29FN2O3S/c1-4-6-26-24-14-21(16-31)30(3)15-25(24)23-13-18(17-34(32,33)5-2)7-12-22(23)27(29-26)19-8-10-20(28)11-9-19/h7-16,21,26H,4-6,17H2,1-3H3/t21?,26-/m0/s1. The first-order valence-electron chi connectivity index (χ1n) is 11.5. The van der Waals surface area contributed by atoms with Gasteiger partial charge in [0, 0.05) is 35.7 Å². The first kappa shape index (κ1) is 24.1. The van der Waals surface area contributed by atoms with Gasteiger partial charge >= 0.3 is 0 Å². The second-order valence-corrected chi connectivity index (χ2v) is 11.2. The zero-order valence-electron chi connectivity index (χ0n) is 19.7. The Morgan fingerprint density at radius 1 is 1.09 bits per heavy atom. The molecule has 0 saturated heterocycles. The van der Waals surface area contributed by atoms with Crippen LogP contribution in [0.3, 0.4) is 0 Å². The van der Waals surface area contributed by atoms with Crippen molar-refractivity contribution in [3.05, 3.63) is 88.4 Å². The number of rotatable bonds is 7. The summed E-state index contributed by atoms with van der Waals surface area (Å²) in [6, 6.07) is 11.4. The molecule has 0 radical (unpaired) electrons. The molecule has 0 amide bonds. The van der Waals surface area contributed by atoms with Crippen molar-refractivity contribution in [3.63, 3.8) is 0 Å². The molecule has 4 rings (SSSR count). The second-order valence-electron chi connectivity index (χ2n) is 8.80. The quantitative estimate of drug-likeness (QED) is 0.545. The number of hydrogen-bond donors (Lipinski definition) is 0. The fourth-order valence-corrected chi connectivity index (χ4v) is 5.39. The maximum absolute atomic E-state index is 13.7. The van der Waals surface area contributed by atoms with Crippen LogP contribution in [0, 0.1) is 5.82 Å². The molecule has 2 aromatic rings. The molecule has 7 heteroatoms. The number of aldehydes is 1. The van der Waals surface area contributed by atoms with Crippen LogP contribution in [0.4, 0.5) is 4.39 Å². The number of benzene rings is 2. The van der Waals surface area contributed by atoms with Crippen molar-refractivity contribution in [3.8, 4) is 0 Å². The molecular weight excluding hydrogens is 451 g/mol. The van der Waals surface area contributed by atoms with Gasteiger partial charge in [0.25, 0.3) is 0 Å². The van der Waals surface area contributed by atoms with Crippen molar-refractivity contribution in [1.82, 2.24) is 4.90 Å². The summed E-state index contributed by atoms with van der Waals surface area (Å²) >= 11 is 0. The van der Waals surface area contributed by atoms with Crippen molar-refractivity contribution in [1.29, 1.82) is 0 Å². The molecule has 2 aliphatic heterocycles. The van der Waals surface area contributed by atoms with E-state index in [1.807, 2.05) is 42.4 Å². The van der Waals surface area contributed by atoms with Gasteiger partial charge in [-0.25, -0.2) is 12.8 Å². The summed E-state index contributed by atoms with van der Waals surface area (Å²) in [5, 5.41) is 0. The van der Waals surface area contributed by atoms with Gasteiger partial charge in [-0.1, -0.05) is 32.4 Å². The molecule has 1 unspecified atom stereocenters. The van der Waals surface area contributed by atoms with E-state index in [1.54, 1.807) is 19.1 Å². The molecule has 0 saturated carbocycles. The van der Waals surface area contributed by atoms with Gasteiger partial charge in [-0.3, -0.25) is 4.99 Å². The number of fused-ring (bicyclic) bond motifs is 3. The molecule has 0 aromatic heterocycles. The number of hydrogen-bond acceptors (Lipinski definition) is 5. The highest BCUT2D eigenvalue weighted by atomic mass is 32.2. The van der Waals surface area contributed by atoms with Crippen molar-refractivity contribution in [2.45, 2.75) is 44.5 Å². The molecule has 0 fully saturated rings. The Morgan fingerprint density at radius 3 is 2.47 bits per heavy atom. The van der Waals surface area contributed by atoms with Crippen molar-refractivity contribution >= 4 is 27.4 Å². The molecule has 0 spiro atoms. The van der Waals surface area contributed by atoms with Crippen LogP contribution >= 0.6 is 0 Å². The summed E-state index contributed by atoms with van der Waals surface area (Å²) in [5.74, 6) is -0.294. The van der Waals surface area contributed by atoms with E-state index in [2.05, 4.69) is 6.92 Å². The van der Waals surface area contributed by atoms with Crippen LogP contribution < -0.4 is 0 Å². The second kappa shape index (κ2) is 9.66. The lowest BCUT2D eigenvalue weighted by molar-refractivity contribution is -0.110. The summed E-state index contributed by atoms with van der Waals surface area (Å²) in [4.78, 5) is 18.7. The monoisotopic (exact) mass is 480 g/mol. The molecule has 178 valence electrons. The van der Waals surface area contributed by atoms with Gasteiger partial charge in [-0.2, -0.15) is 0 Å². The van der Waals surface area contributed by atoms with Gasteiger partial charge in [0.2, 0.25) is 0 Å². The minimum atomic E-state index is -3.21. The third-order valence-corrected chi connectivity index (χ3v) is 8.04. The van der Waals surface area contributed by atoms with E-state index in [0.717, 1.165) is 52.7 Å². The summed E-state index contributed by atoms with van der Waals surface area (Å²) in [6.45, 7) is 3.74. The van der Waals surface area contributed by atoms with Crippen molar-refractivity contribution in [2.24, 2.45) is 4.99 Å². The third kappa shape index (κ3) is 4.75. The molecule has 34 heavy (non-hydrogen) atoms. The summed E-state index contributed by atoms with van der Waals surface area (Å²) in [5.41, 5.74) is 5.86. The Kier molecular flexibility index (Phi) is 6.84. The Balaban J connectivity index is 1.97. The van der Waals surface area contributed by atoms with E-state index < -0.39 is 15.9 Å². The number of sulfone groups is 1. The zero-order valence-corrected chi connectivity index (χ0v) is 20.5. The predicted molar refractivity (Wildman–Crippen MR) is 134 cm³/mol. The maximum Gasteiger partial charge on any atom is 0.154 e. The summed E-state index contributed by atoms with van der Waals surface area (Å²) < 4.78 is 38.4. The third-order valence-electron chi connectivity index (χ3n) is 6.38. The van der Waals surface area contributed by atoms with Crippen LogP contribution in [-0.4, -0.2) is 50.2 Å². The maximum atomic E-state index is 13.7. The number of carbonyl (C=O) groups excluding carboxylic acids is 1.